The molecule has 1 unspecified atom stereocenters. The van der Waals surface area contributed by atoms with Crippen molar-refractivity contribution in [3.8, 4) is 11.5 Å². The predicted molar refractivity (Wildman–Crippen MR) is 198 cm³/mol. The van der Waals surface area contributed by atoms with Crippen molar-refractivity contribution >= 4 is 23.0 Å². The summed E-state index contributed by atoms with van der Waals surface area (Å²) >= 11 is 7.19. The molecule has 6 heteroatoms. The van der Waals surface area contributed by atoms with Crippen molar-refractivity contribution in [2.75, 3.05) is 44.2 Å². The first-order valence-corrected chi connectivity index (χ1v) is 17.9. The van der Waals surface area contributed by atoms with Gasteiger partial charge in [-0.25, -0.2) is 0 Å². The largest absolute Gasteiger partial charge is 0.494 e. The molecular formula is C41H55ClN2O3. The summed E-state index contributed by atoms with van der Waals surface area (Å²) in [5.74, 6) is 1.86. The molecule has 2 aromatic carbocycles. The lowest BCUT2D eigenvalue weighted by molar-refractivity contribution is -0.0129. The number of halogens is 1. The number of hydrogen-bond donors (Lipinski definition) is 0. The standard InChI is InChI=1S/C41H55ClN2O3/c1-10-12-25-46-31-18-20-35-33(27-31)39(3,4)37(43(35)7)22-17-29-15-14-16-30(38(29)42)23-24-41(45-9)40(5,6)34-28-32(47-26-13-11-2)19-21-36(34)44(41)8/h17-24,27-28H,10-16,25-26H2,1-9H3/b24-23+,29-17+,37-22-. The van der Waals surface area contributed by atoms with Gasteiger partial charge in [-0.05, 0) is 103 Å². The number of likely N-dealkylation sites (N-methyl/N-ethyl adjacent to an activating group) is 2. The highest BCUT2D eigenvalue weighted by molar-refractivity contribution is 6.32. The van der Waals surface area contributed by atoms with Gasteiger partial charge in [0, 0.05) is 54.1 Å². The molecule has 5 nitrogen and oxygen atoms in total. The minimum atomic E-state index is -0.674. The Bertz CT molecular complexity index is 1580. The molecule has 0 bridgehead atoms. The van der Waals surface area contributed by atoms with E-state index in [-0.39, 0.29) is 10.8 Å². The third kappa shape index (κ3) is 6.38. The average Bonchev–Trinajstić information content (AvgIpc) is 3.34. The summed E-state index contributed by atoms with van der Waals surface area (Å²) in [6, 6.07) is 12.9. The molecule has 0 fully saturated rings. The molecule has 2 aromatic rings. The molecule has 254 valence electrons. The van der Waals surface area contributed by atoms with Crippen LogP contribution < -0.4 is 19.3 Å². The Balaban J connectivity index is 1.41. The fraction of sp³-hybridized carbons (Fsp3) is 0.512. The van der Waals surface area contributed by atoms with Crippen molar-refractivity contribution < 1.29 is 14.2 Å². The van der Waals surface area contributed by atoms with Crippen LogP contribution in [0.15, 0.2) is 82.6 Å². The van der Waals surface area contributed by atoms with Gasteiger partial charge in [-0.3, -0.25) is 0 Å². The Morgan fingerprint density at radius 3 is 2.06 bits per heavy atom. The highest BCUT2D eigenvalue weighted by Crippen LogP contribution is 2.53. The molecule has 2 heterocycles. The maximum Gasteiger partial charge on any atom is 0.169 e. The van der Waals surface area contributed by atoms with E-state index >= 15 is 0 Å². The maximum atomic E-state index is 7.19. The van der Waals surface area contributed by atoms with Crippen molar-refractivity contribution in [1.82, 2.24) is 0 Å². The summed E-state index contributed by atoms with van der Waals surface area (Å²) in [5.41, 5.74) is 7.32. The second-order valence-electron chi connectivity index (χ2n) is 14.3. The first-order valence-electron chi connectivity index (χ1n) is 17.5. The molecule has 2 aliphatic heterocycles. The van der Waals surface area contributed by atoms with E-state index in [0.717, 1.165) is 86.0 Å². The van der Waals surface area contributed by atoms with Gasteiger partial charge in [-0.2, -0.15) is 0 Å². The summed E-state index contributed by atoms with van der Waals surface area (Å²) in [7, 11) is 6.08. The molecule has 1 aliphatic carbocycles. The molecule has 47 heavy (non-hydrogen) atoms. The number of unbranched alkanes of at least 4 members (excludes halogenated alkanes) is 2. The fourth-order valence-electron chi connectivity index (χ4n) is 7.64. The van der Waals surface area contributed by atoms with Crippen LogP contribution in [-0.2, 0) is 15.6 Å². The van der Waals surface area contributed by atoms with Gasteiger partial charge in [-0.15, -0.1) is 0 Å². The lowest BCUT2D eigenvalue weighted by atomic mass is 9.77. The maximum absolute atomic E-state index is 7.19. The minimum Gasteiger partial charge on any atom is -0.494 e. The number of nitrogens with zero attached hydrogens (tertiary/aromatic N) is 2. The highest BCUT2D eigenvalue weighted by atomic mass is 35.5. The normalized spacial score (nSPS) is 23.3. The summed E-state index contributed by atoms with van der Waals surface area (Å²) in [6.45, 7) is 15.0. The average molecular weight is 659 g/mol. The zero-order chi connectivity index (χ0) is 34.0. The van der Waals surface area contributed by atoms with Gasteiger partial charge in [0.25, 0.3) is 0 Å². The second-order valence-corrected chi connectivity index (χ2v) is 14.7. The van der Waals surface area contributed by atoms with Gasteiger partial charge in [-0.1, -0.05) is 78.1 Å². The molecule has 0 N–H and O–H groups in total. The second kappa shape index (κ2) is 14.1. The predicted octanol–water partition coefficient (Wildman–Crippen LogP) is 10.6. The van der Waals surface area contributed by atoms with Gasteiger partial charge in [0.2, 0.25) is 0 Å². The van der Waals surface area contributed by atoms with Crippen LogP contribution in [0.25, 0.3) is 0 Å². The van der Waals surface area contributed by atoms with E-state index in [1.54, 1.807) is 7.11 Å². The molecule has 0 amide bonds. The number of allylic oxidation sites excluding steroid dienone is 7. The topological polar surface area (TPSA) is 34.2 Å². The number of anilines is 2. The Morgan fingerprint density at radius 2 is 1.45 bits per heavy atom. The van der Waals surface area contributed by atoms with Crippen molar-refractivity contribution in [2.24, 2.45) is 0 Å². The monoisotopic (exact) mass is 658 g/mol. The van der Waals surface area contributed by atoms with Crippen LogP contribution in [0.2, 0.25) is 0 Å². The third-order valence-corrected chi connectivity index (χ3v) is 11.1. The lowest BCUT2D eigenvalue weighted by Gasteiger charge is -2.43. The molecule has 3 aliphatic rings. The van der Waals surface area contributed by atoms with Gasteiger partial charge in [0.1, 0.15) is 11.5 Å². The first-order chi connectivity index (χ1) is 22.4. The number of rotatable bonds is 12. The molecule has 0 saturated heterocycles. The van der Waals surface area contributed by atoms with Gasteiger partial charge >= 0.3 is 0 Å². The zero-order valence-electron chi connectivity index (χ0n) is 30.1. The van der Waals surface area contributed by atoms with Crippen LogP contribution in [0.1, 0.15) is 97.6 Å². The van der Waals surface area contributed by atoms with E-state index in [1.807, 2.05) is 0 Å². The molecule has 1 atom stereocenters. The molecule has 5 rings (SSSR count). The Labute approximate surface area is 288 Å². The number of methoxy groups -OCH3 is 1. The van der Waals surface area contributed by atoms with Crippen LogP contribution in [0, 0.1) is 0 Å². The number of ether oxygens (including phenoxy) is 3. The van der Waals surface area contributed by atoms with Crippen LogP contribution >= 0.6 is 11.6 Å². The molecule has 0 spiro atoms. The van der Waals surface area contributed by atoms with Crippen molar-refractivity contribution in [2.45, 2.75) is 103 Å². The third-order valence-electron chi connectivity index (χ3n) is 10.7. The van der Waals surface area contributed by atoms with Crippen LogP contribution in [-0.4, -0.2) is 40.1 Å². The molecule has 0 aromatic heterocycles. The van der Waals surface area contributed by atoms with Gasteiger partial charge in [0.05, 0.1) is 13.2 Å². The van der Waals surface area contributed by atoms with Gasteiger partial charge in [0.15, 0.2) is 5.72 Å². The van der Waals surface area contributed by atoms with Crippen molar-refractivity contribution in [1.29, 1.82) is 0 Å². The van der Waals surface area contributed by atoms with Crippen LogP contribution in [0.3, 0.4) is 0 Å². The van der Waals surface area contributed by atoms with E-state index in [2.05, 4.69) is 126 Å². The minimum absolute atomic E-state index is 0.155. The van der Waals surface area contributed by atoms with E-state index < -0.39 is 5.72 Å². The summed E-state index contributed by atoms with van der Waals surface area (Å²) in [5, 5.41) is 0.848. The number of hydrogen-bond acceptors (Lipinski definition) is 5. The number of fused-ring (bicyclic) bond motifs is 2. The smallest absolute Gasteiger partial charge is 0.169 e. The zero-order valence-corrected chi connectivity index (χ0v) is 30.9. The van der Waals surface area contributed by atoms with Crippen molar-refractivity contribution in [3.05, 3.63) is 93.7 Å². The molecular weight excluding hydrogens is 604 g/mol. The molecule has 0 saturated carbocycles. The summed E-state index contributed by atoms with van der Waals surface area (Å²) in [4.78, 5) is 4.56. The highest BCUT2D eigenvalue weighted by Gasteiger charge is 2.55. The Morgan fingerprint density at radius 1 is 0.830 bits per heavy atom. The van der Waals surface area contributed by atoms with Crippen LogP contribution in [0.4, 0.5) is 11.4 Å². The Kier molecular flexibility index (Phi) is 10.6. The summed E-state index contributed by atoms with van der Waals surface area (Å²) < 4.78 is 18.5. The Hall–Kier alpha value is -3.15. The summed E-state index contributed by atoms with van der Waals surface area (Å²) in [6.07, 6.45) is 16.2. The van der Waals surface area contributed by atoms with E-state index in [0.29, 0.717) is 0 Å². The van der Waals surface area contributed by atoms with Gasteiger partial charge < -0.3 is 24.0 Å². The number of benzene rings is 2. The fourth-order valence-corrected chi connectivity index (χ4v) is 7.96. The van der Waals surface area contributed by atoms with E-state index in [1.165, 1.54) is 28.1 Å². The van der Waals surface area contributed by atoms with Crippen LogP contribution in [0.5, 0.6) is 11.5 Å². The SMILES string of the molecule is CCCCOc1ccc2c(c1)C(C)(C)/C(=C/C=C1\CCCC(/C=C/C3(OC)N(C)c4ccc(OCCCC)cc4C3(C)C)=C1Cl)N2C. The quantitative estimate of drug-likeness (QED) is 0.212. The van der Waals surface area contributed by atoms with E-state index in [9.17, 15) is 0 Å². The molecule has 0 radical (unpaired) electrons. The first kappa shape index (κ1) is 35.2. The lowest BCUT2D eigenvalue weighted by Crippen LogP contribution is -2.54. The van der Waals surface area contributed by atoms with Crippen molar-refractivity contribution in [3.63, 3.8) is 0 Å². The van der Waals surface area contributed by atoms with E-state index in [4.69, 9.17) is 25.8 Å².